The number of ether oxygens (including phenoxy) is 4. The fourth-order valence-electron chi connectivity index (χ4n) is 2.63. The normalized spacial score (nSPS) is 10.2. The molecule has 0 aliphatic heterocycles. The van der Waals surface area contributed by atoms with Crippen molar-refractivity contribution in [3.63, 3.8) is 0 Å². The van der Waals surface area contributed by atoms with E-state index in [1.165, 1.54) is 33.5 Å². The lowest BCUT2D eigenvalue weighted by molar-refractivity contribution is 0.0474. The van der Waals surface area contributed by atoms with Crippen LogP contribution in [-0.4, -0.2) is 39.7 Å². The second kappa shape index (κ2) is 8.38. The minimum atomic E-state index is -0.544. The summed E-state index contributed by atoms with van der Waals surface area (Å²) in [5.74, 6) is 0.185. The molecule has 2 aromatic carbocycles. The van der Waals surface area contributed by atoms with Gasteiger partial charge in [-0.2, -0.15) is 0 Å². The monoisotopic (exact) mass is 358 g/mol. The first-order chi connectivity index (χ1) is 12.4. The van der Waals surface area contributed by atoms with E-state index in [0.717, 1.165) is 11.1 Å². The smallest absolute Gasteiger partial charge is 0.338 e. The van der Waals surface area contributed by atoms with Gasteiger partial charge in [-0.1, -0.05) is 17.2 Å². The lowest BCUT2D eigenvalue weighted by Gasteiger charge is -2.13. The van der Waals surface area contributed by atoms with Crippen molar-refractivity contribution in [3.8, 4) is 17.2 Å². The van der Waals surface area contributed by atoms with Crippen LogP contribution in [0.25, 0.3) is 0 Å². The largest absolute Gasteiger partial charge is 0.493 e. The third kappa shape index (κ3) is 4.33. The van der Waals surface area contributed by atoms with E-state index < -0.39 is 5.97 Å². The number of aryl methyl sites for hydroxylation is 2. The van der Waals surface area contributed by atoms with Crippen LogP contribution in [-0.2, 0) is 4.74 Å². The Bertz CT molecular complexity index is 780. The molecule has 0 bridgehead atoms. The Kier molecular flexibility index (Phi) is 6.22. The number of rotatable bonds is 7. The highest BCUT2D eigenvalue weighted by Crippen LogP contribution is 2.38. The van der Waals surface area contributed by atoms with Crippen LogP contribution in [0.2, 0.25) is 0 Å². The topological polar surface area (TPSA) is 71.1 Å². The van der Waals surface area contributed by atoms with Crippen LogP contribution in [0.5, 0.6) is 17.2 Å². The summed E-state index contributed by atoms with van der Waals surface area (Å²) in [6, 6.07) is 8.44. The third-order valence-corrected chi connectivity index (χ3v) is 3.78. The SMILES string of the molecule is COc1cc(C(=O)COC(=O)c2cc(C)cc(C)c2)cc(OC)c1OC. The molecule has 0 atom stereocenters. The summed E-state index contributed by atoms with van der Waals surface area (Å²) < 4.78 is 20.8. The number of ketones is 1. The van der Waals surface area contributed by atoms with Crippen molar-refractivity contribution in [3.05, 3.63) is 52.6 Å². The molecule has 138 valence electrons. The van der Waals surface area contributed by atoms with E-state index in [2.05, 4.69) is 0 Å². The fourth-order valence-corrected chi connectivity index (χ4v) is 2.63. The van der Waals surface area contributed by atoms with Gasteiger partial charge in [0.2, 0.25) is 11.5 Å². The Morgan fingerprint density at radius 1 is 0.769 bits per heavy atom. The molecule has 0 saturated carbocycles. The van der Waals surface area contributed by atoms with E-state index in [1.54, 1.807) is 12.1 Å². The van der Waals surface area contributed by atoms with Gasteiger partial charge in [-0.3, -0.25) is 4.79 Å². The number of benzene rings is 2. The first-order valence-corrected chi connectivity index (χ1v) is 7.98. The quantitative estimate of drug-likeness (QED) is 0.558. The summed E-state index contributed by atoms with van der Waals surface area (Å²) in [7, 11) is 4.41. The Labute approximate surface area is 152 Å². The van der Waals surface area contributed by atoms with Crippen LogP contribution in [0.1, 0.15) is 31.8 Å². The van der Waals surface area contributed by atoms with E-state index in [1.807, 2.05) is 19.9 Å². The van der Waals surface area contributed by atoms with Crippen molar-refractivity contribution in [2.45, 2.75) is 13.8 Å². The van der Waals surface area contributed by atoms with Gasteiger partial charge in [0.1, 0.15) is 0 Å². The van der Waals surface area contributed by atoms with Gasteiger partial charge in [0, 0.05) is 5.56 Å². The zero-order valence-corrected chi connectivity index (χ0v) is 15.5. The minimum absolute atomic E-state index is 0.299. The van der Waals surface area contributed by atoms with Crippen molar-refractivity contribution in [2.24, 2.45) is 0 Å². The summed E-state index contributed by atoms with van der Waals surface area (Å²) in [6.45, 7) is 3.40. The molecule has 0 saturated heterocycles. The summed E-state index contributed by atoms with van der Waals surface area (Å²) in [5, 5.41) is 0. The predicted molar refractivity (Wildman–Crippen MR) is 96.6 cm³/mol. The van der Waals surface area contributed by atoms with Crippen LogP contribution in [0, 0.1) is 13.8 Å². The Morgan fingerprint density at radius 3 is 1.77 bits per heavy atom. The molecular weight excluding hydrogens is 336 g/mol. The van der Waals surface area contributed by atoms with Crippen molar-refractivity contribution in [1.82, 2.24) is 0 Å². The van der Waals surface area contributed by atoms with Gasteiger partial charge in [-0.25, -0.2) is 4.79 Å². The minimum Gasteiger partial charge on any atom is -0.493 e. The Hall–Kier alpha value is -3.02. The van der Waals surface area contributed by atoms with Crippen LogP contribution in [0.15, 0.2) is 30.3 Å². The molecule has 0 spiro atoms. The first kappa shape index (κ1) is 19.3. The number of carbonyl (C=O) groups is 2. The van der Waals surface area contributed by atoms with Gasteiger partial charge in [0.25, 0.3) is 0 Å². The van der Waals surface area contributed by atoms with Crippen LogP contribution in [0.3, 0.4) is 0 Å². The summed E-state index contributed by atoms with van der Waals surface area (Å²) in [6.07, 6.45) is 0. The third-order valence-electron chi connectivity index (χ3n) is 3.78. The molecule has 0 aliphatic rings. The number of hydrogen-bond acceptors (Lipinski definition) is 6. The van der Waals surface area contributed by atoms with Gasteiger partial charge < -0.3 is 18.9 Å². The molecule has 6 heteroatoms. The van der Waals surface area contributed by atoms with Crippen molar-refractivity contribution in [1.29, 1.82) is 0 Å². The molecule has 2 rings (SSSR count). The average Bonchev–Trinajstić information content (AvgIpc) is 2.63. The molecule has 2 aromatic rings. The second-order valence-electron chi connectivity index (χ2n) is 5.79. The maximum atomic E-state index is 12.4. The predicted octanol–water partition coefficient (Wildman–Crippen LogP) is 3.37. The highest BCUT2D eigenvalue weighted by atomic mass is 16.5. The van der Waals surface area contributed by atoms with Crippen molar-refractivity contribution < 1.29 is 28.5 Å². The summed E-state index contributed by atoms with van der Waals surface area (Å²) in [5.41, 5.74) is 2.62. The Morgan fingerprint density at radius 2 is 1.31 bits per heavy atom. The number of Topliss-reactive ketones (excluding diaryl/α,β-unsaturated/α-hetero) is 1. The number of carbonyl (C=O) groups excluding carboxylic acids is 2. The maximum Gasteiger partial charge on any atom is 0.338 e. The standard InChI is InChI=1S/C20H22O6/c1-12-6-13(2)8-15(7-12)20(22)26-11-16(21)14-9-17(23-3)19(25-5)18(10-14)24-4/h6-10H,11H2,1-5H3. The van der Waals surface area contributed by atoms with E-state index in [0.29, 0.717) is 28.4 Å². The fraction of sp³-hybridized carbons (Fsp3) is 0.300. The Balaban J connectivity index is 2.16. The molecule has 0 fully saturated rings. The van der Waals surface area contributed by atoms with Gasteiger partial charge in [0.05, 0.1) is 26.9 Å². The van der Waals surface area contributed by atoms with Crippen LogP contribution >= 0.6 is 0 Å². The van der Waals surface area contributed by atoms with E-state index in [-0.39, 0.29) is 12.4 Å². The first-order valence-electron chi connectivity index (χ1n) is 7.98. The number of hydrogen-bond donors (Lipinski definition) is 0. The van der Waals surface area contributed by atoms with Crippen LogP contribution in [0.4, 0.5) is 0 Å². The maximum absolute atomic E-state index is 12.4. The molecule has 0 unspecified atom stereocenters. The highest BCUT2D eigenvalue weighted by Gasteiger charge is 2.18. The number of methoxy groups -OCH3 is 3. The van der Waals surface area contributed by atoms with Crippen LogP contribution < -0.4 is 14.2 Å². The van der Waals surface area contributed by atoms with Gasteiger partial charge in [-0.15, -0.1) is 0 Å². The second-order valence-corrected chi connectivity index (χ2v) is 5.79. The van der Waals surface area contributed by atoms with Gasteiger partial charge in [0.15, 0.2) is 18.1 Å². The average molecular weight is 358 g/mol. The molecule has 26 heavy (non-hydrogen) atoms. The van der Waals surface area contributed by atoms with E-state index in [4.69, 9.17) is 18.9 Å². The molecule has 0 aromatic heterocycles. The highest BCUT2D eigenvalue weighted by molar-refractivity contribution is 6.00. The van der Waals surface area contributed by atoms with Crippen molar-refractivity contribution >= 4 is 11.8 Å². The zero-order valence-electron chi connectivity index (χ0n) is 15.5. The molecular formula is C20H22O6. The molecule has 0 N–H and O–H groups in total. The molecule has 0 heterocycles. The zero-order chi connectivity index (χ0) is 19.3. The van der Waals surface area contributed by atoms with Crippen molar-refractivity contribution in [2.75, 3.05) is 27.9 Å². The van der Waals surface area contributed by atoms with Gasteiger partial charge >= 0.3 is 5.97 Å². The number of esters is 1. The lowest BCUT2D eigenvalue weighted by Crippen LogP contribution is -2.15. The van der Waals surface area contributed by atoms with Gasteiger partial charge in [-0.05, 0) is 38.1 Å². The lowest BCUT2D eigenvalue weighted by atomic mass is 10.1. The molecule has 0 amide bonds. The molecule has 6 nitrogen and oxygen atoms in total. The molecule has 0 aliphatic carbocycles. The summed E-state index contributed by atoms with van der Waals surface area (Å²) >= 11 is 0. The van der Waals surface area contributed by atoms with E-state index in [9.17, 15) is 9.59 Å². The summed E-state index contributed by atoms with van der Waals surface area (Å²) in [4.78, 5) is 24.6. The molecule has 0 radical (unpaired) electrons. The van der Waals surface area contributed by atoms with E-state index >= 15 is 0 Å².